The molecule has 24 heavy (non-hydrogen) atoms. The third-order valence-electron chi connectivity index (χ3n) is 3.91. The molecule has 0 spiro atoms. The van der Waals surface area contributed by atoms with Crippen LogP contribution in [0.2, 0.25) is 5.02 Å². The van der Waals surface area contributed by atoms with Crippen LogP contribution in [0.3, 0.4) is 0 Å². The lowest BCUT2D eigenvalue weighted by atomic mass is 10.1. The second-order valence-electron chi connectivity index (χ2n) is 5.53. The van der Waals surface area contributed by atoms with Crippen molar-refractivity contribution in [3.8, 4) is 12.1 Å². The number of rotatable bonds is 6. The number of benzene rings is 1. The van der Waals surface area contributed by atoms with Gasteiger partial charge >= 0.3 is 0 Å². The molecule has 1 aliphatic rings. The normalized spacial score (nSPS) is 17.7. The molecule has 0 saturated carbocycles. The Morgan fingerprint density at radius 1 is 1.29 bits per heavy atom. The fourth-order valence-corrected chi connectivity index (χ4v) is 2.73. The molecule has 1 saturated heterocycles. The predicted octanol–water partition coefficient (Wildman–Crippen LogP) is 1.98. The van der Waals surface area contributed by atoms with Crippen LogP contribution in [0.25, 0.3) is 0 Å². The van der Waals surface area contributed by atoms with Crippen molar-refractivity contribution < 1.29 is 9.53 Å². The van der Waals surface area contributed by atoms with Crippen LogP contribution in [0.5, 0.6) is 0 Å². The van der Waals surface area contributed by atoms with Gasteiger partial charge in [-0.3, -0.25) is 9.69 Å². The molecule has 1 unspecified atom stereocenters. The van der Waals surface area contributed by atoms with Crippen LogP contribution in [0.4, 0.5) is 0 Å². The molecule has 1 aromatic rings. The van der Waals surface area contributed by atoms with Gasteiger partial charge in [-0.2, -0.15) is 10.5 Å². The van der Waals surface area contributed by atoms with E-state index in [1.807, 2.05) is 36.4 Å². The second-order valence-corrected chi connectivity index (χ2v) is 5.96. The van der Waals surface area contributed by atoms with Gasteiger partial charge < -0.3 is 9.64 Å². The number of nitriles is 2. The monoisotopic (exact) mass is 346 g/mol. The van der Waals surface area contributed by atoms with E-state index in [4.69, 9.17) is 26.9 Å². The fraction of sp³-hybridized carbons (Fsp3) is 0.471. The molecule has 1 amide bonds. The zero-order chi connectivity index (χ0) is 17.4. The third kappa shape index (κ3) is 5.21. The lowest BCUT2D eigenvalue weighted by Gasteiger charge is -2.33. The minimum atomic E-state index is -0.173. The van der Waals surface area contributed by atoms with Crippen LogP contribution in [0, 0.1) is 22.7 Å². The lowest BCUT2D eigenvalue weighted by Crippen LogP contribution is -2.41. The van der Waals surface area contributed by atoms with Crippen molar-refractivity contribution in [1.82, 2.24) is 9.80 Å². The van der Waals surface area contributed by atoms with E-state index in [2.05, 4.69) is 4.90 Å². The van der Waals surface area contributed by atoms with Crippen molar-refractivity contribution in [2.24, 2.45) is 0 Å². The van der Waals surface area contributed by atoms with Crippen molar-refractivity contribution in [2.75, 3.05) is 39.3 Å². The molecular weight excluding hydrogens is 328 g/mol. The summed E-state index contributed by atoms with van der Waals surface area (Å²) in [4.78, 5) is 15.5. The van der Waals surface area contributed by atoms with Crippen molar-refractivity contribution in [3.05, 3.63) is 34.9 Å². The molecule has 1 fully saturated rings. The summed E-state index contributed by atoms with van der Waals surface area (Å²) in [5.74, 6) is -0.173. The van der Waals surface area contributed by atoms with Crippen LogP contribution in [-0.4, -0.2) is 55.0 Å². The Bertz CT molecular complexity index is 619. The highest BCUT2D eigenvalue weighted by molar-refractivity contribution is 6.30. The minimum absolute atomic E-state index is 0.0413. The number of hydrogen-bond acceptors (Lipinski definition) is 5. The smallest absolute Gasteiger partial charge is 0.225 e. The van der Waals surface area contributed by atoms with Gasteiger partial charge in [-0.05, 0) is 17.7 Å². The van der Waals surface area contributed by atoms with E-state index in [-0.39, 0.29) is 31.5 Å². The number of carbonyl (C=O) groups is 1. The van der Waals surface area contributed by atoms with Gasteiger partial charge in [-0.25, -0.2) is 0 Å². The third-order valence-corrected chi connectivity index (χ3v) is 4.16. The fourth-order valence-electron chi connectivity index (χ4n) is 2.60. The van der Waals surface area contributed by atoms with Gasteiger partial charge in [0, 0.05) is 31.1 Å². The number of hydrogen-bond donors (Lipinski definition) is 0. The maximum atomic E-state index is 12.1. The molecule has 0 bridgehead atoms. The minimum Gasteiger partial charge on any atom is -0.371 e. The highest BCUT2D eigenvalue weighted by Crippen LogP contribution is 2.23. The summed E-state index contributed by atoms with van der Waals surface area (Å²) in [5, 5.41) is 18.1. The van der Waals surface area contributed by atoms with E-state index in [0.29, 0.717) is 24.7 Å². The average molecular weight is 347 g/mol. The molecule has 0 aromatic heterocycles. The maximum Gasteiger partial charge on any atom is 0.225 e. The molecule has 1 aromatic carbocycles. The molecule has 0 N–H and O–H groups in total. The summed E-state index contributed by atoms with van der Waals surface area (Å²) >= 11 is 5.91. The standard InChI is InChI=1S/C17H19ClN4O2/c18-15-3-1-14(2-4-15)16-13-21(11-12-24-16)8-5-17(23)22(9-6-19)10-7-20/h1-4,16H,5,8-13H2. The van der Waals surface area contributed by atoms with Crippen LogP contribution >= 0.6 is 11.6 Å². The quantitative estimate of drug-likeness (QED) is 0.736. The van der Waals surface area contributed by atoms with E-state index in [1.54, 1.807) is 0 Å². The van der Waals surface area contributed by atoms with Gasteiger partial charge in [-0.15, -0.1) is 0 Å². The Balaban J connectivity index is 1.86. The van der Waals surface area contributed by atoms with Gasteiger partial charge in [0.1, 0.15) is 13.1 Å². The lowest BCUT2D eigenvalue weighted by molar-refractivity contribution is -0.130. The molecule has 1 heterocycles. The number of morpholine rings is 1. The topological polar surface area (TPSA) is 80.4 Å². The molecular formula is C17H19ClN4O2. The average Bonchev–Trinajstić information content (AvgIpc) is 2.60. The summed E-state index contributed by atoms with van der Waals surface area (Å²) in [5.41, 5.74) is 1.06. The summed E-state index contributed by atoms with van der Waals surface area (Å²) in [7, 11) is 0. The molecule has 1 aliphatic heterocycles. The SMILES string of the molecule is N#CCN(CC#N)C(=O)CCN1CCOC(c2ccc(Cl)cc2)C1. The summed E-state index contributed by atoms with van der Waals surface area (Å²) < 4.78 is 5.80. The maximum absolute atomic E-state index is 12.1. The molecule has 1 atom stereocenters. The predicted molar refractivity (Wildman–Crippen MR) is 89.0 cm³/mol. The zero-order valence-electron chi connectivity index (χ0n) is 13.3. The Labute approximate surface area is 146 Å². The van der Waals surface area contributed by atoms with Crippen LogP contribution in [-0.2, 0) is 9.53 Å². The first-order valence-corrected chi connectivity index (χ1v) is 8.13. The Kier molecular flexibility index (Phi) is 7.02. The first-order chi connectivity index (χ1) is 11.6. The van der Waals surface area contributed by atoms with Gasteiger partial charge in [0.2, 0.25) is 5.91 Å². The number of nitrogens with zero attached hydrogens (tertiary/aromatic N) is 4. The zero-order valence-corrected chi connectivity index (χ0v) is 14.1. The molecule has 126 valence electrons. The Morgan fingerprint density at radius 3 is 2.58 bits per heavy atom. The molecule has 2 rings (SSSR count). The van der Waals surface area contributed by atoms with Crippen LogP contribution in [0.15, 0.2) is 24.3 Å². The van der Waals surface area contributed by atoms with E-state index in [0.717, 1.165) is 12.1 Å². The molecule has 6 nitrogen and oxygen atoms in total. The Morgan fingerprint density at radius 2 is 1.96 bits per heavy atom. The highest BCUT2D eigenvalue weighted by atomic mass is 35.5. The highest BCUT2D eigenvalue weighted by Gasteiger charge is 2.23. The van der Waals surface area contributed by atoms with Gasteiger partial charge in [0.05, 0.1) is 24.8 Å². The Hall–Kier alpha value is -2.12. The molecule has 0 aliphatic carbocycles. The molecule has 0 radical (unpaired) electrons. The summed E-state index contributed by atoms with van der Waals surface area (Å²) in [6.45, 7) is 2.53. The van der Waals surface area contributed by atoms with E-state index >= 15 is 0 Å². The number of amides is 1. The number of halogens is 1. The van der Waals surface area contributed by atoms with Gasteiger partial charge in [0.15, 0.2) is 0 Å². The van der Waals surface area contributed by atoms with Crippen molar-refractivity contribution in [2.45, 2.75) is 12.5 Å². The summed E-state index contributed by atoms with van der Waals surface area (Å²) in [6, 6.07) is 11.4. The van der Waals surface area contributed by atoms with Crippen LogP contribution < -0.4 is 0 Å². The second kappa shape index (κ2) is 9.24. The van der Waals surface area contributed by atoms with Gasteiger partial charge in [0.25, 0.3) is 0 Å². The van der Waals surface area contributed by atoms with E-state index in [1.165, 1.54) is 4.90 Å². The van der Waals surface area contributed by atoms with Crippen molar-refractivity contribution in [1.29, 1.82) is 10.5 Å². The summed E-state index contributed by atoms with van der Waals surface area (Å²) in [6.07, 6.45) is 0.247. The first-order valence-electron chi connectivity index (χ1n) is 7.75. The molecule has 7 heteroatoms. The number of carbonyl (C=O) groups excluding carboxylic acids is 1. The number of ether oxygens (including phenoxy) is 1. The van der Waals surface area contributed by atoms with Crippen molar-refractivity contribution >= 4 is 17.5 Å². The largest absolute Gasteiger partial charge is 0.371 e. The first kappa shape index (κ1) is 18.2. The van der Waals surface area contributed by atoms with Gasteiger partial charge in [-0.1, -0.05) is 23.7 Å². The van der Waals surface area contributed by atoms with Crippen LogP contribution in [0.1, 0.15) is 18.1 Å². The van der Waals surface area contributed by atoms with E-state index < -0.39 is 0 Å². The van der Waals surface area contributed by atoms with Crippen molar-refractivity contribution in [3.63, 3.8) is 0 Å². The van der Waals surface area contributed by atoms with E-state index in [9.17, 15) is 4.79 Å².